The molecule has 2 N–H and O–H groups in total. The van der Waals surface area contributed by atoms with Crippen molar-refractivity contribution in [3.63, 3.8) is 0 Å². The Balaban J connectivity index is 1.41. The molecule has 4 nitrogen and oxygen atoms in total. The van der Waals surface area contributed by atoms with Gasteiger partial charge in [0, 0.05) is 23.0 Å². The Morgan fingerprint density at radius 2 is 1.48 bits per heavy atom. The van der Waals surface area contributed by atoms with E-state index in [2.05, 4.69) is 43.3 Å². The van der Waals surface area contributed by atoms with Crippen LogP contribution in [0.15, 0.2) is 53.7 Å². The van der Waals surface area contributed by atoms with Crippen molar-refractivity contribution in [2.75, 3.05) is 26.2 Å². The Bertz CT molecular complexity index is 775. The fourth-order valence-corrected chi connectivity index (χ4v) is 4.76. The fraction of sp³-hybridized carbons (Fsp3) is 0.435. The lowest BCUT2D eigenvalue weighted by atomic mass is 9.92. The third-order valence-corrected chi connectivity index (χ3v) is 5.68. The van der Waals surface area contributed by atoms with E-state index >= 15 is 0 Å². The van der Waals surface area contributed by atoms with E-state index < -0.39 is 6.10 Å². The highest BCUT2D eigenvalue weighted by Crippen LogP contribution is 2.36. The molecule has 0 amide bonds. The van der Waals surface area contributed by atoms with Gasteiger partial charge in [-0.1, -0.05) is 67.5 Å². The van der Waals surface area contributed by atoms with E-state index in [4.69, 9.17) is 4.84 Å². The molecule has 2 aromatic rings. The normalized spacial score (nSPS) is 24.9. The number of nitrogens with one attached hydrogen (secondary N) is 1. The topological polar surface area (TPSA) is 46.3 Å². The van der Waals surface area contributed by atoms with Gasteiger partial charge in [0.1, 0.15) is 25.0 Å². The van der Waals surface area contributed by atoms with Crippen molar-refractivity contribution in [2.45, 2.75) is 26.4 Å². The number of hydrogen-bond donors (Lipinski definition) is 2. The molecule has 2 aromatic carbocycles. The monoisotopic (exact) mass is 365 g/mol. The predicted octanol–water partition coefficient (Wildman–Crippen LogP) is 2.36. The Kier molecular flexibility index (Phi) is 5.28. The van der Waals surface area contributed by atoms with Crippen molar-refractivity contribution in [1.82, 2.24) is 0 Å². The summed E-state index contributed by atoms with van der Waals surface area (Å²) in [7, 11) is 0. The molecular formula is C23H29N2O2+. The standard InChI is InChI=1S/C23H28N2O2/c1-16-11-17(2)13-25(12-16)14-18(26)15-27-24-23-21-9-5-3-7-19(21)20-8-4-6-10-22(20)23/h3-10,16-18,26H,11-15H2,1-2H3/p+1/t16-,17+,18-/m0/s1. The molecule has 142 valence electrons. The molecule has 4 rings (SSSR count). The van der Waals surface area contributed by atoms with Crippen molar-refractivity contribution >= 4 is 5.71 Å². The summed E-state index contributed by atoms with van der Waals surface area (Å²) in [5.41, 5.74) is 5.43. The van der Waals surface area contributed by atoms with E-state index in [1.165, 1.54) is 22.4 Å². The summed E-state index contributed by atoms with van der Waals surface area (Å²) in [4.78, 5) is 7.09. The largest absolute Gasteiger partial charge is 0.392 e. The lowest BCUT2D eigenvalue weighted by molar-refractivity contribution is -0.915. The maximum atomic E-state index is 10.4. The van der Waals surface area contributed by atoms with Crippen LogP contribution in [0.4, 0.5) is 0 Å². The third kappa shape index (κ3) is 3.92. The number of hydrogen-bond acceptors (Lipinski definition) is 3. The van der Waals surface area contributed by atoms with Crippen LogP contribution in [0.1, 0.15) is 31.4 Å². The second kappa shape index (κ2) is 7.83. The maximum absolute atomic E-state index is 10.4. The molecule has 0 spiro atoms. The van der Waals surface area contributed by atoms with Crippen LogP contribution in [-0.2, 0) is 4.84 Å². The van der Waals surface area contributed by atoms with E-state index in [1.807, 2.05) is 24.3 Å². The first-order valence-electron chi connectivity index (χ1n) is 10.0. The average Bonchev–Trinajstić information content (AvgIpc) is 2.95. The highest BCUT2D eigenvalue weighted by molar-refractivity contribution is 6.24. The number of fused-ring (bicyclic) bond motifs is 3. The number of aliphatic hydroxyl groups is 1. The van der Waals surface area contributed by atoms with Crippen LogP contribution in [0.25, 0.3) is 11.1 Å². The van der Waals surface area contributed by atoms with Crippen LogP contribution in [0.2, 0.25) is 0 Å². The quantitative estimate of drug-likeness (QED) is 0.682. The lowest BCUT2D eigenvalue weighted by Gasteiger charge is -2.32. The number of rotatable bonds is 5. The molecule has 4 atom stereocenters. The first kappa shape index (κ1) is 18.2. The zero-order valence-electron chi connectivity index (χ0n) is 16.2. The molecule has 1 aliphatic carbocycles. The zero-order chi connectivity index (χ0) is 18.8. The molecule has 0 bridgehead atoms. The van der Waals surface area contributed by atoms with Gasteiger partial charge < -0.3 is 14.8 Å². The zero-order valence-corrected chi connectivity index (χ0v) is 16.2. The van der Waals surface area contributed by atoms with E-state index in [0.29, 0.717) is 0 Å². The fourth-order valence-electron chi connectivity index (χ4n) is 4.76. The molecule has 27 heavy (non-hydrogen) atoms. The number of likely N-dealkylation sites (tertiary alicyclic amines) is 1. The predicted molar refractivity (Wildman–Crippen MR) is 108 cm³/mol. The Labute approximate surface area is 161 Å². The van der Waals surface area contributed by atoms with Crippen LogP contribution < -0.4 is 4.90 Å². The molecule has 1 saturated heterocycles. The van der Waals surface area contributed by atoms with Gasteiger partial charge in [0.15, 0.2) is 0 Å². The van der Waals surface area contributed by atoms with Gasteiger partial charge in [0.05, 0.1) is 13.1 Å². The molecule has 1 unspecified atom stereocenters. The molecular weight excluding hydrogens is 336 g/mol. The first-order chi connectivity index (χ1) is 13.1. The van der Waals surface area contributed by atoms with E-state index in [1.54, 1.807) is 0 Å². The molecule has 0 aromatic heterocycles. The smallest absolute Gasteiger partial charge is 0.148 e. The molecule has 0 saturated carbocycles. The molecule has 4 heteroatoms. The number of piperidine rings is 1. The molecule has 1 heterocycles. The molecule has 1 fully saturated rings. The van der Waals surface area contributed by atoms with Crippen LogP contribution >= 0.6 is 0 Å². The first-order valence-corrected chi connectivity index (χ1v) is 10.0. The number of nitrogens with zero attached hydrogens (tertiary/aromatic N) is 1. The average molecular weight is 365 g/mol. The molecule has 1 aliphatic heterocycles. The SMILES string of the molecule is C[C@@H]1C[C@H](C)C[NH+](C[C@H](O)CON=C2c3ccccc3-c3ccccc32)C1. The third-order valence-electron chi connectivity index (χ3n) is 5.68. The van der Waals surface area contributed by atoms with Gasteiger partial charge in [0.2, 0.25) is 0 Å². The summed E-state index contributed by atoms with van der Waals surface area (Å²) in [6.45, 7) is 7.85. The minimum absolute atomic E-state index is 0.236. The second-order valence-corrected chi connectivity index (χ2v) is 8.29. The highest BCUT2D eigenvalue weighted by atomic mass is 16.6. The van der Waals surface area contributed by atoms with Gasteiger partial charge in [-0.15, -0.1) is 0 Å². The van der Waals surface area contributed by atoms with Gasteiger partial charge in [-0.05, 0) is 17.5 Å². The van der Waals surface area contributed by atoms with Crippen molar-refractivity contribution in [3.8, 4) is 11.1 Å². The van der Waals surface area contributed by atoms with Gasteiger partial charge in [0.25, 0.3) is 0 Å². The summed E-state index contributed by atoms with van der Waals surface area (Å²) in [6, 6.07) is 16.5. The Morgan fingerprint density at radius 1 is 0.963 bits per heavy atom. The van der Waals surface area contributed by atoms with Crippen LogP contribution in [0.3, 0.4) is 0 Å². The summed E-state index contributed by atoms with van der Waals surface area (Å²) >= 11 is 0. The Morgan fingerprint density at radius 3 is 2.04 bits per heavy atom. The number of oxime groups is 1. The van der Waals surface area contributed by atoms with Gasteiger partial charge in [-0.25, -0.2) is 0 Å². The van der Waals surface area contributed by atoms with Gasteiger partial charge in [-0.3, -0.25) is 0 Å². The van der Waals surface area contributed by atoms with Crippen molar-refractivity contribution in [1.29, 1.82) is 0 Å². The van der Waals surface area contributed by atoms with Crippen LogP contribution in [0.5, 0.6) is 0 Å². The van der Waals surface area contributed by atoms with Gasteiger partial charge in [-0.2, -0.15) is 0 Å². The summed E-state index contributed by atoms with van der Waals surface area (Å²) in [5, 5.41) is 14.8. The van der Waals surface area contributed by atoms with Crippen LogP contribution in [-0.4, -0.2) is 43.2 Å². The second-order valence-electron chi connectivity index (χ2n) is 8.29. The summed E-state index contributed by atoms with van der Waals surface area (Å²) < 4.78 is 0. The minimum atomic E-state index is -0.492. The van der Waals surface area contributed by atoms with Crippen molar-refractivity contribution < 1.29 is 14.8 Å². The number of quaternary nitrogens is 1. The van der Waals surface area contributed by atoms with Crippen molar-refractivity contribution in [3.05, 3.63) is 59.7 Å². The maximum Gasteiger partial charge on any atom is 0.148 e. The molecule has 2 aliphatic rings. The number of benzene rings is 2. The Hall–Kier alpha value is -2.17. The summed E-state index contributed by atoms with van der Waals surface area (Å²) in [6.07, 6.45) is 0.802. The summed E-state index contributed by atoms with van der Waals surface area (Å²) in [5.74, 6) is 1.45. The van der Waals surface area contributed by atoms with Gasteiger partial charge >= 0.3 is 0 Å². The van der Waals surface area contributed by atoms with Crippen LogP contribution in [0, 0.1) is 11.8 Å². The van der Waals surface area contributed by atoms with Crippen molar-refractivity contribution in [2.24, 2.45) is 17.0 Å². The highest BCUT2D eigenvalue weighted by Gasteiger charge is 2.27. The number of aliphatic hydroxyl groups excluding tert-OH is 1. The minimum Gasteiger partial charge on any atom is -0.392 e. The van der Waals surface area contributed by atoms with E-state index in [9.17, 15) is 5.11 Å². The van der Waals surface area contributed by atoms with E-state index in [-0.39, 0.29) is 6.61 Å². The molecule has 0 radical (unpaired) electrons. The lowest BCUT2D eigenvalue weighted by Crippen LogP contribution is -3.15. The van der Waals surface area contributed by atoms with E-state index in [0.717, 1.165) is 48.3 Å².